The van der Waals surface area contributed by atoms with Gasteiger partial charge in [-0.2, -0.15) is 0 Å². The number of benzene rings is 2. The molecule has 0 aromatic heterocycles. The van der Waals surface area contributed by atoms with Gasteiger partial charge in [0, 0.05) is 18.4 Å². The lowest BCUT2D eigenvalue weighted by molar-refractivity contribution is -0.546. The molecule has 2 aromatic rings. The van der Waals surface area contributed by atoms with Gasteiger partial charge >= 0.3 is 0 Å². The molecule has 1 heterocycles. The van der Waals surface area contributed by atoms with Crippen LogP contribution in [-0.2, 0) is 13.0 Å². The zero-order valence-electron chi connectivity index (χ0n) is 16.4. The fourth-order valence-corrected chi connectivity index (χ4v) is 3.59. The van der Waals surface area contributed by atoms with E-state index in [-0.39, 0.29) is 18.2 Å². The molecule has 0 spiro atoms. The molecular weight excluding hydrogens is 365 g/mol. The number of halogens is 2. The Morgan fingerprint density at radius 2 is 1.74 bits per heavy atom. The van der Waals surface area contributed by atoms with Crippen molar-refractivity contribution >= 4 is 5.71 Å². The molecule has 3 rings (SSSR count). The van der Waals surface area contributed by atoms with Crippen LogP contribution in [0.3, 0.4) is 0 Å². The number of fused-ring (bicyclic) bond motifs is 1. The Kier molecular flexibility index (Phi) is 7.25. The van der Waals surface area contributed by atoms with Gasteiger partial charge in [-0.3, -0.25) is 0 Å². The molecule has 0 fully saturated rings. The molecule has 0 bridgehead atoms. The fraction of sp³-hybridized carbons (Fsp3) is 0.409. The molecule has 0 amide bonds. The van der Waals surface area contributed by atoms with E-state index in [1.807, 2.05) is 12.1 Å². The van der Waals surface area contributed by atoms with E-state index in [9.17, 15) is 4.39 Å². The van der Waals surface area contributed by atoms with Crippen molar-refractivity contribution in [3.63, 3.8) is 0 Å². The van der Waals surface area contributed by atoms with Crippen molar-refractivity contribution in [1.82, 2.24) is 0 Å². The molecule has 0 aliphatic carbocycles. The average Bonchev–Trinajstić information content (AvgIpc) is 2.63. The molecule has 0 saturated heterocycles. The Balaban J connectivity index is 0.00000261. The summed E-state index contributed by atoms with van der Waals surface area (Å²) >= 11 is 0. The maximum Gasteiger partial charge on any atom is 0.184 e. The molecule has 3 nitrogen and oxygen atoms in total. The smallest absolute Gasteiger partial charge is 0.184 e. The monoisotopic (exact) mass is 391 g/mol. The van der Waals surface area contributed by atoms with Gasteiger partial charge < -0.3 is 21.9 Å². The highest BCUT2D eigenvalue weighted by Crippen LogP contribution is 2.33. The maximum absolute atomic E-state index is 14.2. The number of hydrogen-bond donors (Lipinski definition) is 0. The van der Waals surface area contributed by atoms with Crippen molar-refractivity contribution in [3.8, 4) is 11.5 Å². The van der Waals surface area contributed by atoms with Gasteiger partial charge in [-0.25, -0.2) is 8.97 Å². The second-order valence-electron chi connectivity index (χ2n) is 7.17. The lowest BCUT2D eigenvalue weighted by Crippen LogP contribution is -3.00. The summed E-state index contributed by atoms with van der Waals surface area (Å²) in [6.45, 7) is 5.88. The van der Waals surface area contributed by atoms with Crippen molar-refractivity contribution < 1.29 is 30.8 Å². The van der Waals surface area contributed by atoms with E-state index >= 15 is 0 Å². The van der Waals surface area contributed by atoms with Crippen LogP contribution >= 0.6 is 0 Å². The summed E-state index contributed by atoms with van der Waals surface area (Å²) < 4.78 is 27.5. The van der Waals surface area contributed by atoms with Gasteiger partial charge in [-0.15, -0.1) is 0 Å². The van der Waals surface area contributed by atoms with Crippen LogP contribution in [0.15, 0.2) is 36.4 Å². The van der Waals surface area contributed by atoms with Crippen molar-refractivity contribution in [1.29, 1.82) is 0 Å². The van der Waals surface area contributed by atoms with Crippen molar-refractivity contribution in [2.45, 2.75) is 33.2 Å². The molecule has 1 aliphatic rings. The average molecular weight is 392 g/mol. The molecule has 146 valence electrons. The summed E-state index contributed by atoms with van der Waals surface area (Å²) in [5.41, 5.74) is 4.45. The number of nitrogens with zero attached hydrogens (tertiary/aromatic N) is 1. The van der Waals surface area contributed by atoms with Gasteiger partial charge in [0.1, 0.15) is 12.4 Å². The van der Waals surface area contributed by atoms with Crippen molar-refractivity contribution in [3.05, 3.63) is 58.9 Å². The quantitative estimate of drug-likeness (QED) is 0.695. The predicted octanol–water partition coefficient (Wildman–Crippen LogP) is 1.45. The number of ether oxygens (including phenoxy) is 2. The van der Waals surface area contributed by atoms with Gasteiger partial charge in [0.25, 0.3) is 0 Å². The lowest BCUT2D eigenvalue weighted by Gasteiger charge is -2.22. The highest BCUT2D eigenvalue weighted by Gasteiger charge is 2.28. The van der Waals surface area contributed by atoms with Crippen LogP contribution < -0.4 is 21.9 Å². The molecule has 27 heavy (non-hydrogen) atoms. The summed E-state index contributed by atoms with van der Waals surface area (Å²) in [6, 6.07) is 11.2. The van der Waals surface area contributed by atoms with Gasteiger partial charge in [-0.1, -0.05) is 26.0 Å². The minimum Gasteiger partial charge on any atom is -1.00 e. The van der Waals surface area contributed by atoms with E-state index in [0.717, 1.165) is 36.4 Å². The van der Waals surface area contributed by atoms with Crippen LogP contribution in [0.5, 0.6) is 11.5 Å². The first kappa shape index (κ1) is 21.2. The highest BCUT2D eigenvalue weighted by molar-refractivity contribution is 5.99. The fourth-order valence-electron chi connectivity index (χ4n) is 3.59. The van der Waals surface area contributed by atoms with Gasteiger partial charge in [-0.05, 0) is 35.7 Å². The summed E-state index contributed by atoms with van der Waals surface area (Å²) in [5, 5.41) is 0. The molecule has 0 radical (unpaired) electrons. The molecule has 5 heteroatoms. The molecule has 0 N–H and O–H groups in total. The third-order valence-corrected chi connectivity index (χ3v) is 4.87. The minimum absolute atomic E-state index is 0. The van der Waals surface area contributed by atoms with Crippen LogP contribution in [0.1, 0.15) is 37.0 Å². The lowest BCUT2D eigenvalue weighted by atomic mass is 9.91. The summed E-state index contributed by atoms with van der Waals surface area (Å²) in [7, 11) is 3.32. The molecule has 2 aromatic carbocycles. The molecule has 0 atom stereocenters. The van der Waals surface area contributed by atoms with Crippen molar-refractivity contribution in [2.24, 2.45) is 5.92 Å². The Morgan fingerprint density at radius 3 is 2.37 bits per heavy atom. The Labute approximate surface area is 167 Å². The second kappa shape index (κ2) is 9.23. The maximum atomic E-state index is 14.2. The van der Waals surface area contributed by atoms with E-state index in [1.54, 1.807) is 20.3 Å². The molecule has 0 unspecified atom stereocenters. The molecular formula is C22H27ClFNO2. The van der Waals surface area contributed by atoms with E-state index in [2.05, 4.69) is 30.6 Å². The first-order chi connectivity index (χ1) is 12.5. The summed E-state index contributed by atoms with van der Waals surface area (Å²) in [5.74, 6) is 1.86. The van der Waals surface area contributed by atoms with E-state index < -0.39 is 0 Å². The number of methoxy groups -OCH3 is 2. The minimum atomic E-state index is -0.144. The SMILES string of the molecule is COc1cc2c(cc1OC)C(CC(C)C)=[N+](Cc1ccccc1F)CC2.[Cl-]. The van der Waals surface area contributed by atoms with Crippen molar-refractivity contribution in [2.75, 3.05) is 20.8 Å². The first-order valence-corrected chi connectivity index (χ1v) is 9.13. The third-order valence-electron chi connectivity index (χ3n) is 4.87. The number of rotatable bonds is 6. The largest absolute Gasteiger partial charge is 1.00 e. The molecule has 1 aliphatic heterocycles. The van der Waals surface area contributed by atoms with Gasteiger partial charge in [0.2, 0.25) is 0 Å². The van der Waals surface area contributed by atoms with E-state index in [1.165, 1.54) is 22.9 Å². The predicted molar refractivity (Wildman–Crippen MR) is 102 cm³/mol. The normalized spacial score (nSPS) is 13.3. The van der Waals surface area contributed by atoms with Gasteiger partial charge in [0.15, 0.2) is 23.8 Å². The zero-order chi connectivity index (χ0) is 18.7. The zero-order valence-corrected chi connectivity index (χ0v) is 17.1. The second-order valence-corrected chi connectivity index (χ2v) is 7.17. The van der Waals surface area contributed by atoms with Crippen LogP contribution in [0.25, 0.3) is 0 Å². The first-order valence-electron chi connectivity index (χ1n) is 9.13. The van der Waals surface area contributed by atoms with Crippen LogP contribution in [0, 0.1) is 11.7 Å². The van der Waals surface area contributed by atoms with Crippen LogP contribution in [0.4, 0.5) is 4.39 Å². The van der Waals surface area contributed by atoms with E-state index in [0.29, 0.717) is 12.5 Å². The molecule has 0 saturated carbocycles. The van der Waals surface area contributed by atoms with Crippen LogP contribution in [-0.4, -0.2) is 31.1 Å². The Bertz CT molecular complexity index is 833. The highest BCUT2D eigenvalue weighted by atomic mass is 35.5. The Morgan fingerprint density at radius 1 is 1.07 bits per heavy atom. The topological polar surface area (TPSA) is 21.5 Å². The van der Waals surface area contributed by atoms with Crippen LogP contribution in [0.2, 0.25) is 0 Å². The standard InChI is InChI=1S/C22H27FNO2.ClH/c1-15(2)11-20-18-13-22(26-4)21(25-3)12-16(18)9-10-24(20)14-17-7-5-6-8-19(17)23;/h5-8,12-13,15H,9-11,14H2,1-4H3;1H/q+1;/p-1. The van der Waals surface area contributed by atoms with E-state index in [4.69, 9.17) is 9.47 Å². The summed E-state index contributed by atoms with van der Waals surface area (Å²) in [6.07, 6.45) is 1.85. The van der Waals surface area contributed by atoms with Gasteiger partial charge in [0.05, 0.1) is 19.8 Å². The summed E-state index contributed by atoms with van der Waals surface area (Å²) in [4.78, 5) is 0. The number of hydrogen-bond acceptors (Lipinski definition) is 2. The Hall–Kier alpha value is -2.07. The third kappa shape index (κ3) is 4.62.